The molecule has 9 heteroatoms. The Hall–Kier alpha value is -0.670. The lowest BCUT2D eigenvalue weighted by atomic mass is 10.1. The first kappa shape index (κ1) is 15.7. The molecule has 1 aromatic rings. The van der Waals surface area contributed by atoms with Crippen LogP contribution in [0.1, 0.15) is 27.2 Å². The maximum absolute atomic E-state index is 11.5. The number of aromatic nitrogens is 4. The fraction of sp³-hybridized carbons (Fsp3) is 0.909. The first-order chi connectivity index (χ1) is 9.25. The number of hydrogen-bond acceptors (Lipinski definition) is 7. The Bertz CT molecular complexity index is 549. The van der Waals surface area contributed by atoms with E-state index in [1.807, 2.05) is 0 Å². The van der Waals surface area contributed by atoms with Crippen LogP contribution in [0, 0.1) is 0 Å². The number of thioether (sulfide) groups is 1. The summed E-state index contributed by atoms with van der Waals surface area (Å²) in [7, 11) is -2.86. The number of nitrogens with one attached hydrogen (secondary N) is 1. The molecule has 0 bridgehead atoms. The minimum atomic E-state index is -2.86. The van der Waals surface area contributed by atoms with Gasteiger partial charge in [0.15, 0.2) is 9.84 Å². The van der Waals surface area contributed by atoms with E-state index >= 15 is 0 Å². The van der Waals surface area contributed by atoms with E-state index < -0.39 is 9.84 Å². The molecule has 7 nitrogen and oxygen atoms in total. The van der Waals surface area contributed by atoms with E-state index in [1.165, 1.54) is 11.8 Å². The summed E-state index contributed by atoms with van der Waals surface area (Å²) in [4.78, 5) is 0. The maximum Gasteiger partial charge on any atom is 0.209 e. The van der Waals surface area contributed by atoms with Gasteiger partial charge in [-0.25, -0.2) is 13.1 Å². The summed E-state index contributed by atoms with van der Waals surface area (Å²) in [6, 6.07) is 0. The topological polar surface area (TPSA) is 89.8 Å². The van der Waals surface area contributed by atoms with Crippen LogP contribution in [-0.4, -0.2) is 57.5 Å². The van der Waals surface area contributed by atoms with Crippen LogP contribution in [0.4, 0.5) is 0 Å². The first-order valence-electron chi connectivity index (χ1n) is 6.63. The van der Waals surface area contributed by atoms with Crippen molar-refractivity contribution in [1.29, 1.82) is 0 Å². The molecule has 1 N–H and O–H groups in total. The smallest absolute Gasteiger partial charge is 0.209 e. The lowest BCUT2D eigenvalue weighted by Gasteiger charge is -2.20. The summed E-state index contributed by atoms with van der Waals surface area (Å²) in [5.41, 5.74) is 0.0564. The number of rotatable bonds is 5. The van der Waals surface area contributed by atoms with E-state index in [0.29, 0.717) is 18.1 Å². The van der Waals surface area contributed by atoms with Crippen molar-refractivity contribution < 1.29 is 8.42 Å². The van der Waals surface area contributed by atoms with Crippen LogP contribution in [-0.2, 0) is 16.4 Å². The molecule has 0 spiro atoms. The Morgan fingerprint density at radius 2 is 2.20 bits per heavy atom. The van der Waals surface area contributed by atoms with Gasteiger partial charge in [0.1, 0.15) is 0 Å². The molecule has 0 aliphatic carbocycles. The van der Waals surface area contributed by atoms with Crippen molar-refractivity contribution in [2.24, 2.45) is 0 Å². The van der Waals surface area contributed by atoms with Crippen molar-refractivity contribution in [2.45, 2.75) is 49.7 Å². The zero-order valence-electron chi connectivity index (χ0n) is 12.0. The van der Waals surface area contributed by atoms with Crippen molar-refractivity contribution in [3.05, 3.63) is 0 Å². The van der Waals surface area contributed by atoms with Crippen molar-refractivity contribution >= 4 is 21.6 Å². The third-order valence-corrected chi connectivity index (χ3v) is 6.16. The van der Waals surface area contributed by atoms with Crippen molar-refractivity contribution in [3.63, 3.8) is 0 Å². The molecule has 0 amide bonds. The zero-order chi connectivity index (χ0) is 14.8. The van der Waals surface area contributed by atoms with Gasteiger partial charge in [0.2, 0.25) is 5.16 Å². The second-order valence-corrected chi connectivity index (χ2v) is 9.50. The average Bonchev–Trinajstić information content (AvgIpc) is 2.85. The Morgan fingerprint density at radius 3 is 2.80 bits per heavy atom. The number of tetrazole rings is 1. The first-order valence-corrected chi connectivity index (χ1v) is 9.34. The zero-order valence-corrected chi connectivity index (χ0v) is 13.7. The summed E-state index contributed by atoms with van der Waals surface area (Å²) < 4.78 is 24.6. The van der Waals surface area contributed by atoms with Gasteiger partial charge in [0.25, 0.3) is 0 Å². The van der Waals surface area contributed by atoms with Gasteiger partial charge in [0.05, 0.1) is 18.1 Å². The molecule has 0 saturated carbocycles. The van der Waals surface area contributed by atoms with Crippen molar-refractivity contribution in [1.82, 2.24) is 25.5 Å². The quantitative estimate of drug-likeness (QED) is 0.837. The highest BCUT2D eigenvalue weighted by atomic mass is 32.2. The van der Waals surface area contributed by atoms with Crippen LogP contribution in [0.5, 0.6) is 0 Å². The minimum absolute atomic E-state index is 0.0564. The lowest BCUT2D eigenvalue weighted by molar-refractivity contribution is 0.396. The Kier molecular flexibility index (Phi) is 4.70. The van der Waals surface area contributed by atoms with Gasteiger partial charge in [0, 0.05) is 17.3 Å². The third-order valence-electron chi connectivity index (χ3n) is 2.94. The Balaban J connectivity index is 1.89. The van der Waals surface area contributed by atoms with E-state index in [0.717, 1.165) is 6.54 Å². The Morgan fingerprint density at radius 1 is 1.45 bits per heavy atom. The molecule has 114 valence electrons. The molecule has 2 rings (SSSR count). The summed E-state index contributed by atoms with van der Waals surface area (Å²) in [6.45, 7) is 7.75. The molecule has 1 aromatic heterocycles. The molecule has 1 atom stereocenters. The van der Waals surface area contributed by atoms with Gasteiger partial charge < -0.3 is 5.32 Å². The van der Waals surface area contributed by atoms with Gasteiger partial charge >= 0.3 is 0 Å². The van der Waals surface area contributed by atoms with Gasteiger partial charge in [-0.1, -0.05) is 11.8 Å². The van der Waals surface area contributed by atoms with Gasteiger partial charge in [-0.3, -0.25) is 0 Å². The highest BCUT2D eigenvalue weighted by Crippen LogP contribution is 2.29. The SMILES string of the molecule is CC(C)(C)NCCn1nnnc1SC1CCS(=O)(=O)C1. The van der Waals surface area contributed by atoms with Gasteiger partial charge in [-0.15, -0.1) is 5.10 Å². The van der Waals surface area contributed by atoms with E-state index in [1.54, 1.807) is 4.68 Å². The summed E-state index contributed by atoms with van der Waals surface area (Å²) >= 11 is 1.46. The monoisotopic (exact) mass is 319 g/mol. The Labute approximate surface area is 123 Å². The second-order valence-electron chi connectivity index (χ2n) is 6.00. The average molecular weight is 319 g/mol. The standard InChI is InChI=1S/C11H21N5O2S2/c1-11(2,3)12-5-6-16-10(13-14-15-16)19-9-4-7-20(17,18)8-9/h9,12H,4-8H2,1-3H3. The predicted octanol–water partition coefficient (Wildman–Crippen LogP) is 0.340. The molecular weight excluding hydrogens is 298 g/mol. The maximum atomic E-state index is 11.5. The molecule has 1 fully saturated rings. The van der Waals surface area contributed by atoms with Gasteiger partial charge in [-0.2, -0.15) is 0 Å². The molecule has 1 saturated heterocycles. The van der Waals surface area contributed by atoms with Crippen molar-refractivity contribution in [2.75, 3.05) is 18.1 Å². The van der Waals surface area contributed by atoms with Crippen LogP contribution < -0.4 is 5.32 Å². The molecule has 20 heavy (non-hydrogen) atoms. The van der Waals surface area contributed by atoms with Crippen LogP contribution in [0.15, 0.2) is 5.16 Å². The third kappa shape index (κ3) is 4.71. The van der Waals surface area contributed by atoms with Crippen LogP contribution in [0.25, 0.3) is 0 Å². The van der Waals surface area contributed by atoms with Gasteiger partial charge in [-0.05, 0) is 37.6 Å². The molecule has 0 aromatic carbocycles. The summed E-state index contributed by atoms with van der Waals surface area (Å²) in [5, 5.41) is 15.8. The molecule has 1 aliphatic heterocycles. The summed E-state index contributed by atoms with van der Waals surface area (Å²) in [6.07, 6.45) is 0.681. The fourth-order valence-corrected chi connectivity index (χ4v) is 5.41. The molecule has 1 aliphatic rings. The molecule has 1 unspecified atom stereocenters. The highest BCUT2D eigenvalue weighted by Gasteiger charge is 2.30. The number of nitrogens with zero attached hydrogens (tertiary/aromatic N) is 4. The van der Waals surface area contributed by atoms with E-state index in [4.69, 9.17) is 0 Å². The van der Waals surface area contributed by atoms with Crippen LogP contribution in [0.3, 0.4) is 0 Å². The second kappa shape index (κ2) is 5.98. The predicted molar refractivity (Wildman–Crippen MR) is 78.5 cm³/mol. The summed E-state index contributed by atoms with van der Waals surface area (Å²) in [5.74, 6) is 0.503. The lowest BCUT2D eigenvalue weighted by Crippen LogP contribution is -2.38. The number of sulfone groups is 1. The normalized spacial score (nSPS) is 22.2. The largest absolute Gasteiger partial charge is 0.310 e. The molecule has 0 radical (unpaired) electrons. The molecule has 2 heterocycles. The van der Waals surface area contributed by atoms with Crippen LogP contribution >= 0.6 is 11.8 Å². The van der Waals surface area contributed by atoms with Crippen molar-refractivity contribution in [3.8, 4) is 0 Å². The van der Waals surface area contributed by atoms with E-state index in [-0.39, 0.29) is 22.3 Å². The minimum Gasteiger partial charge on any atom is -0.310 e. The van der Waals surface area contributed by atoms with E-state index in [2.05, 4.69) is 41.6 Å². The highest BCUT2D eigenvalue weighted by molar-refractivity contribution is 8.01. The molecular formula is C11H21N5O2S2. The van der Waals surface area contributed by atoms with E-state index in [9.17, 15) is 8.42 Å². The van der Waals surface area contributed by atoms with Crippen LogP contribution in [0.2, 0.25) is 0 Å². The number of hydrogen-bond donors (Lipinski definition) is 1. The fourth-order valence-electron chi connectivity index (χ4n) is 1.96.